The Morgan fingerprint density at radius 3 is 2.44 bits per heavy atom. The summed E-state index contributed by atoms with van der Waals surface area (Å²) in [5, 5.41) is 20.1. The number of nitriles is 2. The number of fused-ring (bicyclic) bond motifs is 3. The Hall–Kier alpha value is -3.32. The van der Waals surface area contributed by atoms with E-state index in [0.29, 0.717) is 27.6 Å². The van der Waals surface area contributed by atoms with Crippen LogP contribution in [-0.2, 0) is 10.3 Å². The lowest BCUT2D eigenvalue weighted by atomic mass is 9.59. The Morgan fingerprint density at radius 2 is 1.83 bits per heavy atom. The van der Waals surface area contributed by atoms with Gasteiger partial charge in [0.25, 0.3) is 0 Å². The first-order valence-corrected chi connectivity index (χ1v) is 13.2. The number of aryl methyl sites for hydroxylation is 1. The van der Waals surface area contributed by atoms with E-state index in [-0.39, 0.29) is 33.9 Å². The van der Waals surface area contributed by atoms with E-state index in [9.17, 15) is 15.3 Å². The first kappa shape index (κ1) is 24.4. The minimum Gasteiger partial charge on any atom is -0.383 e. The maximum Gasteiger partial charge on any atom is 0.173 e. The SMILES string of the molecule is Cc1ccc(-c2c(C#N)c(N)nc(SCC(=O)c3ccc4c(c3)C(C)(Cl)C3CCC43C)c2C#N)cc1. The third-order valence-corrected chi connectivity index (χ3v) is 9.40. The number of pyridine rings is 1. The second-order valence-electron chi connectivity index (χ2n) is 10.1. The average Bonchev–Trinajstić information content (AvgIpc) is 2.96. The number of ketones is 1. The Bertz CT molecular complexity index is 1500. The van der Waals surface area contributed by atoms with Crippen molar-refractivity contribution in [3.8, 4) is 23.3 Å². The largest absolute Gasteiger partial charge is 0.383 e. The number of carbonyl (C=O) groups is 1. The lowest BCUT2D eigenvalue weighted by Gasteiger charge is -2.46. The summed E-state index contributed by atoms with van der Waals surface area (Å²) in [5.41, 5.74) is 11.7. The monoisotopic (exact) mass is 512 g/mol. The van der Waals surface area contributed by atoms with Crippen molar-refractivity contribution in [1.29, 1.82) is 10.5 Å². The van der Waals surface area contributed by atoms with Crippen LogP contribution in [0.1, 0.15) is 64.9 Å². The van der Waals surface area contributed by atoms with E-state index in [1.54, 1.807) is 0 Å². The van der Waals surface area contributed by atoms with Crippen LogP contribution in [0, 0.1) is 35.5 Å². The molecule has 1 aromatic heterocycles. The first-order chi connectivity index (χ1) is 17.1. The van der Waals surface area contributed by atoms with Gasteiger partial charge in [-0.3, -0.25) is 4.79 Å². The molecule has 3 aromatic rings. The number of Topliss-reactive ketones (excluding diaryl/α,β-unsaturated/α-hetero) is 1. The van der Waals surface area contributed by atoms with Crippen LogP contribution in [0.25, 0.3) is 11.1 Å². The predicted molar refractivity (Wildman–Crippen MR) is 143 cm³/mol. The highest BCUT2D eigenvalue weighted by Gasteiger charge is 2.60. The zero-order chi connectivity index (χ0) is 25.8. The number of nitrogens with two attached hydrogens (primary N) is 1. The van der Waals surface area contributed by atoms with Crippen molar-refractivity contribution in [3.63, 3.8) is 0 Å². The summed E-state index contributed by atoms with van der Waals surface area (Å²) in [6, 6.07) is 17.7. The Kier molecular flexibility index (Phi) is 5.86. The minimum atomic E-state index is -0.480. The van der Waals surface area contributed by atoms with Crippen molar-refractivity contribution in [2.24, 2.45) is 5.92 Å². The number of nitrogen functional groups attached to an aromatic ring is 1. The predicted octanol–water partition coefficient (Wildman–Crippen LogP) is 6.49. The van der Waals surface area contributed by atoms with Gasteiger partial charge in [0.05, 0.1) is 16.2 Å². The molecular weight excluding hydrogens is 488 g/mol. The van der Waals surface area contributed by atoms with E-state index in [4.69, 9.17) is 17.3 Å². The topological polar surface area (TPSA) is 104 Å². The summed E-state index contributed by atoms with van der Waals surface area (Å²) >= 11 is 8.16. The summed E-state index contributed by atoms with van der Waals surface area (Å²) in [6.07, 6.45) is 2.21. The normalized spacial score (nSPS) is 23.7. The molecule has 2 aromatic carbocycles. The van der Waals surface area contributed by atoms with Gasteiger partial charge in [0.1, 0.15) is 28.5 Å². The molecule has 0 saturated heterocycles. The Morgan fingerprint density at radius 1 is 1.14 bits per heavy atom. The Labute approximate surface area is 220 Å². The van der Waals surface area contributed by atoms with Crippen LogP contribution in [0.15, 0.2) is 47.5 Å². The van der Waals surface area contributed by atoms with Gasteiger partial charge in [-0.15, -0.1) is 11.6 Å². The number of rotatable bonds is 5. The van der Waals surface area contributed by atoms with Crippen LogP contribution in [0.2, 0.25) is 0 Å². The van der Waals surface area contributed by atoms with E-state index < -0.39 is 4.87 Å². The van der Waals surface area contributed by atoms with Gasteiger partial charge in [0.15, 0.2) is 5.78 Å². The first-order valence-electron chi connectivity index (χ1n) is 11.8. The third-order valence-electron chi connectivity index (χ3n) is 7.96. The number of hydrogen-bond acceptors (Lipinski definition) is 6. The maximum absolute atomic E-state index is 13.2. The molecule has 1 fully saturated rings. The molecule has 36 heavy (non-hydrogen) atoms. The molecule has 7 heteroatoms. The van der Waals surface area contributed by atoms with E-state index in [1.165, 1.54) is 5.56 Å². The molecule has 1 heterocycles. The number of carbonyl (C=O) groups excluding carboxylic acids is 1. The highest BCUT2D eigenvalue weighted by molar-refractivity contribution is 8.00. The number of nitrogens with zero attached hydrogens (tertiary/aromatic N) is 3. The number of hydrogen-bond donors (Lipinski definition) is 1. The summed E-state index contributed by atoms with van der Waals surface area (Å²) in [7, 11) is 0. The lowest BCUT2D eigenvalue weighted by molar-refractivity contribution is 0.102. The summed E-state index contributed by atoms with van der Waals surface area (Å²) in [6.45, 7) is 6.28. The van der Waals surface area contributed by atoms with Gasteiger partial charge in [-0.1, -0.05) is 60.6 Å². The third kappa shape index (κ3) is 3.60. The molecule has 0 bridgehead atoms. The fraction of sp³-hybridized carbons (Fsp3) is 0.310. The van der Waals surface area contributed by atoms with Crippen molar-refractivity contribution in [3.05, 3.63) is 75.8 Å². The van der Waals surface area contributed by atoms with Gasteiger partial charge in [-0.05, 0) is 60.8 Å². The average molecular weight is 513 g/mol. The lowest BCUT2D eigenvalue weighted by Crippen LogP contribution is -2.43. The van der Waals surface area contributed by atoms with E-state index in [0.717, 1.165) is 35.7 Å². The number of alkyl halides is 1. The van der Waals surface area contributed by atoms with E-state index in [1.807, 2.05) is 43.3 Å². The number of thioether (sulfide) groups is 1. The maximum atomic E-state index is 13.2. The molecule has 2 aliphatic rings. The van der Waals surface area contributed by atoms with Crippen LogP contribution in [0.3, 0.4) is 0 Å². The van der Waals surface area contributed by atoms with Gasteiger partial charge in [0.2, 0.25) is 0 Å². The van der Waals surface area contributed by atoms with Crippen LogP contribution >= 0.6 is 23.4 Å². The van der Waals surface area contributed by atoms with Gasteiger partial charge in [-0.25, -0.2) is 4.98 Å². The van der Waals surface area contributed by atoms with E-state index in [2.05, 4.69) is 37.0 Å². The molecule has 0 amide bonds. The van der Waals surface area contributed by atoms with Gasteiger partial charge >= 0.3 is 0 Å². The highest BCUT2D eigenvalue weighted by Crippen LogP contribution is 2.65. The summed E-state index contributed by atoms with van der Waals surface area (Å²) < 4.78 is 0. The zero-order valence-corrected chi connectivity index (χ0v) is 21.9. The van der Waals surface area contributed by atoms with Crippen molar-refractivity contribution < 1.29 is 4.79 Å². The standard InChI is InChI=1S/C29H25ClN4OS/c1-16-4-6-17(7-5-16)25-19(13-31)26(33)34-27(20(25)14-32)36-15-23(35)18-8-9-21-22(12-18)29(3,30)24-10-11-28(21,24)2/h4-9,12,24H,10-11,15H2,1-3H3,(H2,33,34). The minimum absolute atomic E-state index is 0.0428. The van der Waals surface area contributed by atoms with Crippen molar-refractivity contribution in [1.82, 2.24) is 4.98 Å². The molecule has 0 radical (unpaired) electrons. The van der Waals surface area contributed by atoms with Crippen molar-refractivity contribution in [2.45, 2.75) is 48.9 Å². The van der Waals surface area contributed by atoms with Crippen molar-refractivity contribution >= 4 is 35.0 Å². The number of benzene rings is 2. The van der Waals surface area contributed by atoms with Crippen LogP contribution < -0.4 is 5.73 Å². The second-order valence-corrected chi connectivity index (χ2v) is 11.8. The van der Waals surface area contributed by atoms with Crippen molar-refractivity contribution in [2.75, 3.05) is 11.5 Å². The number of halogens is 1. The van der Waals surface area contributed by atoms with Crippen LogP contribution in [0.5, 0.6) is 0 Å². The van der Waals surface area contributed by atoms with Crippen LogP contribution in [0.4, 0.5) is 5.82 Å². The molecule has 1 saturated carbocycles. The molecule has 180 valence electrons. The highest BCUT2D eigenvalue weighted by atomic mass is 35.5. The summed E-state index contributed by atoms with van der Waals surface area (Å²) in [5.74, 6) is 0.427. The molecule has 3 unspecified atom stereocenters. The molecule has 5 rings (SSSR count). The molecule has 0 spiro atoms. The smallest absolute Gasteiger partial charge is 0.173 e. The quantitative estimate of drug-likeness (QED) is 0.238. The fourth-order valence-corrected chi connectivity index (χ4v) is 7.25. The second kappa shape index (κ2) is 8.66. The van der Waals surface area contributed by atoms with Gasteiger partial charge in [0, 0.05) is 11.1 Å². The molecule has 2 N–H and O–H groups in total. The molecule has 3 atom stereocenters. The Balaban J connectivity index is 1.46. The zero-order valence-electron chi connectivity index (χ0n) is 20.4. The van der Waals surface area contributed by atoms with Crippen LogP contribution in [-0.4, -0.2) is 16.5 Å². The fourth-order valence-electron chi connectivity index (χ4n) is 5.85. The van der Waals surface area contributed by atoms with Gasteiger partial charge in [-0.2, -0.15) is 10.5 Å². The number of aromatic nitrogens is 1. The summed E-state index contributed by atoms with van der Waals surface area (Å²) in [4.78, 5) is 17.1. The molecule has 5 nitrogen and oxygen atoms in total. The molecule has 2 aliphatic carbocycles. The van der Waals surface area contributed by atoms with E-state index >= 15 is 0 Å². The van der Waals surface area contributed by atoms with Gasteiger partial charge < -0.3 is 5.73 Å². The molecule has 0 aliphatic heterocycles. The molecular formula is C29H25ClN4OS. The number of anilines is 1.